The fourth-order valence-corrected chi connectivity index (χ4v) is 3.64. The Balaban J connectivity index is 1.65. The molecule has 0 aliphatic carbocycles. The molecule has 1 unspecified atom stereocenters. The van der Waals surface area contributed by atoms with Gasteiger partial charge in [0, 0.05) is 37.4 Å². The van der Waals surface area contributed by atoms with Crippen molar-refractivity contribution in [2.24, 2.45) is 0 Å². The first-order chi connectivity index (χ1) is 12.3. The fraction of sp³-hybridized carbons (Fsp3) is 0.300. The molecule has 1 saturated heterocycles. The molecular formula is C20H22N4O. The Kier molecular flexibility index (Phi) is 4.48. The first-order valence-corrected chi connectivity index (χ1v) is 8.66. The average Bonchev–Trinajstić information content (AvgIpc) is 3.34. The quantitative estimate of drug-likeness (QED) is 0.715. The van der Waals surface area contributed by atoms with Crippen LogP contribution in [-0.2, 0) is 6.54 Å². The Hall–Kier alpha value is -2.66. The number of pyridine rings is 1. The number of aromatic nitrogens is 3. The summed E-state index contributed by atoms with van der Waals surface area (Å²) in [7, 11) is 1.71. The van der Waals surface area contributed by atoms with Crippen LogP contribution in [0, 0.1) is 0 Å². The number of methoxy groups -OCH3 is 1. The largest absolute Gasteiger partial charge is 0.497 e. The summed E-state index contributed by atoms with van der Waals surface area (Å²) in [6.07, 6.45) is 9.99. The molecule has 1 aliphatic heterocycles. The van der Waals surface area contributed by atoms with Gasteiger partial charge in [-0.1, -0.05) is 6.07 Å². The molecule has 1 fully saturated rings. The van der Waals surface area contributed by atoms with Crippen molar-refractivity contribution in [2.45, 2.75) is 25.4 Å². The Bertz CT molecular complexity index is 817. The molecule has 4 rings (SSSR count). The molecule has 128 valence electrons. The van der Waals surface area contributed by atoms with Gasteiger partial charge in [-0.15, -0.1) is 0 Å². The summed E-state index contributed by atoms with van der Waals surface area (Å²) in [5.41, 5.74) is 3.62. The van der Waals surface area contributed by atoms with Crippen molar-refractivity contribution < 1.29 is 4.74 Å². The van der Waals surface area contributed by atoms with Crippen LogP contribution in [0.4, 0.5) is 0 Å². The second kappa shape index (κ2) is 7.07. The molecule has 0 amide bonds. The molecule has 5 nitrogen and oxygen atoms in total. The molecule has 1 atom stereocenters. The predicted octanol–water partition coefficient (Wildman–Crippen LogP) is 3.61. The van der Waals surface area contributed by atoms with Crippen LogP contribution in [0.5, 0.6) is 5.75 Å². The summed E-state index contributed by atoms with van der Waals surface area (Å²) < 4.78 is 7.37. The van der Waals surface area contributed by atoms with Crippen LogP contribution in [0.3, 0.4) is 0 Å². The van der Waals surface area contributed by atoms with E-state index in [0.29, 0.717) is 6.04 Å². The van der Waals surface area contributed by atoms with Gasteiger partial charge in [0.05, 0.1) is 12.8 Å². The van der Waals surface area contributed by atoms with Gasteiger partial charge < -0.3 is 4.74 Å². The maximum atomic E-state index is 5.44. The van der Waals surface area contributed by atoms with E-state index in [4.69, 9.17) is 4.74 Å². The lowest BCUT2D eigenvalue weighted by atomic mass is 10.1. The van der Waals surface area contributed by atoms with E-state index in [0.717, 1.165) is 24.5 Å². The molecule has 0 bridgehead atoms. The van der Waals surface area contributed by atoms with Crippen molar-refractivity contribution in [3.8, 4) is 11.4 Å². The molecular weight excluding hydrogens is 312 g/mol. The van der Waals surface area contributed by atoms with Gasteiger partial charge in [0.1, 0.15) is 5.75 Å². The molecule has 2 aromatic heterocycles. The predicted molar refractivity (Wildman–Crippen MR) is 96.7 cm³/mol. The van der Waals surface area contributed by atoms with Crippen molar-refractivity contribution >= 4 is 0 Å². The number of hydrogen-bond acceptors (Lipinski definition) is 4. The Labute approximate surface area is 147 Å². The average molecular weight is 334 g/mol. The molecule has 3 heterocycles. The third kappa shape index (κ3) is 3.28. The minimum Gasteiger partial charge on any atom is -0.497 e. The maximum Gasteiger partial charge on any atom is 0.119 e. The van der Waals surface area contributed by atoms with E-state index in [1.165, 1.54) is 24.0 Å². The highest BCUT2D eigenvalue weighted by Gasteiger charge is 2.27. The van der Waals surface area contributed by atoms with Gasteiger partial charge in [-0.3, -0.25) is 9.88 Å². The highest BCUT2D eigenvalue weighted by atomic mass is 16.5. The molecule has 25 heavy (non-hydrogen) atoms. The second-order valence-electron chi connectivity index (χ2n) is 6.36. The van der Waals surface area contributed by atoms with Gasteiger partial charge in [0.2, 0.25) is 0 Å². The third-order valence-electron chi connectivity index (χ3n) is 4.84. The lowest BCUT2D eigenvalue weighted by Gasteiger charge is -2.26. The van der Waals surface area contributed by atoms with E-state index in [1.807, 2.05) is 47.7 Å². The molecule has 0 N–H and O–H groups in total. The zero-order valence-electron chi connectivity index (χ0n) is 14.4. The molecule has 0 spiro atoms. The lowest BCUT2D eigenvalue weighted by Crippen LogP contribution is -2.23. The SMILES string of the molecule is COc1ccc(-n2cccn2)c(CN2CCCC2c2cccnc2)c1. The molecule has 5 heteroatoms. The van der Waals surface area contributed by atoms with Gasteiger partial charge >= 0.3 is 0 Å². The van der Waals surface area contributed by atoms with Crippen molar-refractivity contribution in [3.63, 3.8) is 0 Å². The Morgan fingerprint density at radius 2 is 2.16 bits per heavy atom. The number of nitrogens with zero attached hydrogens (tertiary/aromatic N) is 4. The minimum absolute atomic E-state index is 0.422. The standard InChI is InChI=1S/C20H22N4O/c1-25-18-7-8-20(24-12-4-10-22-24)17(13-18)15-23-11-3-6-19(23)16-5-2-9-21-14-16/h2,4-5,7-10,12-14,19H,3,6,11,15H2,1H3. The van der Waals surface area contributed by atoms with Gasteiger partial charge in [0.15, 0.2) is 0 Å². The first-order valence-electron chi connectivity index (χ1n) is 8.66. The van der Waals surface area contributed by atoms with Crippen LogP contribution in [-0.4, -0.2) is 33.3 Å². The highest BCUT2D eigenvalue weighted by molar-refractivity contribution is 5.45. The second-order valence-corrected chi connectivity index (χ2v) is 6.36. The van der Waals surface area contributed by atoms with Crippen molar-refractivity contribution in [3.05, 3.63) is 72.3 Å². The van der Waals surface area contributed by atoms with Crippen LogP contribution < -0.4 is 4.74 Å². The molecule has 1 aromatic carbocycles. The molecule has 1 aliphatic rings. The van der Waals surface area contributed by atoms with Crippen molar-refractivity contribution in [1.82, 2.24) is 19.7 Å². The molecule has 0 radical (unpaired) electrons. The fourth-order valence-electron chi connectivity index (χ4n) is 3.64. The highest BCUT2D eigenvalue weighted by Crippen LogP contribution is 2.34. The molecule has 0 saturated carbocycles. The van der Waals surface area contributed by atoms with E-state index >= 15 is 0 Å². The lowest BCUT2D eigenvalue weighted by molar-refractivity contribution is 0.247. The van der Waals surface area contributed by atoms with Gasteiger partial charge in [0.25, 0.3) is 0 Å². The summed E-state index contributed by atoms with van der Waals surface area (Å²) in [5.74, 6) is 0.878. The van der Waals surface area contributed by atoms with Crippen LogP contribution in [0.1, 0.15) is 30.0 Å². The Morgan fingerprint density at radius 3 is 2.92 bits per heavy atom. The smallest absolute Gasteiger partial charge is 0.119 e. The topological polar surface area (TPSA) is 43.2 Å². The number of likely N-dealkylation sites (tertiary alicyclic amines) is 1. The summed E-state index contributed by atoms with van der Waals surface area (Å²) in [6.45, 7) is 1.96. The normalized spacial score (nSPS) is 17.7. The number of rotatable bonds is 5. The number of hydrogen-bond donors (Lipinski definition) is 0. The van der Waals surface area contributed by atoms with Crippen molar-refractivity contribution in [2.75, 3.05) is 13.7 Å². The summed E-state index contributed by atoms with van der Waals surface area (Å²) in [5, 5.41) is 4.40. The third-order valence-corrected chi connectivity index (χ3v) is 4.84. The molecule has 3 aromatic rings. The van der Waals surface area contributed by atoms with E-state index in [-0.39, 0.29) is 0 Å². The van der Waals surface area contributed by atoms with Crippen LogP contribution in [0.25, 0.3) is 5.69 Å². The Morgan fingerprint density at radius 1 is 1.20 bits per heavy atom. The van der Waals surface area contributed by atoms with Crippen LogP contribution in [0.2, 0.25) is 0 Å². The summed E-state index contributed by atoms with van der Waals surface area (Å²) in [6, 6.07) is 12.8. The summed E-state index contributed by atoms with van der Waals surface area (Å²) in [4.78, 5) is 6.82. The minimum atomic E-state index is 0.422. The number of benzene rings is 1. The van der Waals surface area contributed by atoms with Crippen LogP contribution in [0.15, 0.2) is 61.2 Å². The van der Waals surface area contributed by atoms with Crippen molar-refractivity contribution in [1.29, 1.82) is 0 Å². The van der Waals surface area contributed by atoms with E-state index in [9.17, 15) is 0 Å². The van der Waals surface area contributed by atoms with Crippen LogP contribution >= 0.6 is 0 Å². The van der Waals surface area contributed by atoms with E-state index in [1.54, 1.807) is 7.11 Å². The summed E-state index contributed by atoms with van der Waals surface area (Å²) >= 11 is 0. The monoisotopic (exact) mass is 334 g/mol. The van der Waals surface area contributed by atoms with Gasteiger partial charge in [-0.25, -0.2) is 4.68 Å². The van der Waals surface area contributed by atoms with Gasteiger partial charge in [-0.2, -0.15) is 5.10 Å². The zero-order chi connectivity index (χ0) is 17.1. The zero-order valence-corrected chi connectivity index (χ0v) is 14.4. The number of ether oxygens (including phenoxy) is 1. The van der Waals surface area contributed by atoms with E-state index < -0.39 is 0 Å². The first kappa shape index (κ1) is 15.8. The maximum absolute atomic E-state index is 5.44. The van der Waals surface area contributed by atoms with E-state index in [2.05, 4.69) is 33.2 Å². The van der Waals surface area contributed by atoms with Gasteiger partial charge in [-0.05, 0) is 60.8 Å².